The molecule has 0 saturated heterocycles. The number of oxime groups is 1. The molecule has 0 aromatic heterocycles. The van der Waals surface area contributed by atoms with Crippen LogP contribution in [0, 0.1) is 20.8 Å². The fourth-order valence-corrected chi connectivity index (χ4v) is 4.31. The fraction of sp³-hybridized carbons (Fsp3) is 0.542. The lowest BCUT2D eigenvalue weighted by atomic mass is 9.76. The molecule has 0 fully saturated rings. The normalized spacial score (nSPS) is 17.4. The van der Waals surface area contributed by atoms with Gasteiger partial charge in [-0.05, 0) is 67.9 Å². The smallest absolute Gasteiger partial charge is 0.226 e. The van der Waals surface area contributed by atoms with Crippen molar-refractivity contribution in [3.8, 4) is 0 Å². The van der Waals surface area contributed by atoms with E-state index in [9.17, 15) is 14.7 Å². The van der Waals surface area contributed by atoms with E-state index in [1.807, 2.05) is 34.6 Å². The summed E-state index contributed by atoms with van der Waals surface area (Å²) in [6.07, 6.45) is 1.51. The van der Waals surface area contributed by atoms with E-state index >= 15 is 0 Å². The van der Waals surface area contributed by atoms with Crippen molar-refractivity contribution in [1.82, 2.24) is 4.90 Å². The van der Waals surface area contributed by atoms with Gasteiger partial charge in [-0.3, -0.25) is 9.59 Å². The van der Waals surface area contributed by atoms with Crippen LogP contribution in [0.4, 0.5) is 0 Å². The topological polar surface area (TPSA) is 79.2 Å². The number of rotatable bonds is 7. The number of Topliss-reactive ketones (excluding diaryl/α,β-unsaturated/α-hetero) is 1. The van der Waals surface area contributed by atoms with Crippen molar-refractivity contribution in [3.05, 3.63) is 45.2 Å². The zero-order chi connectivity index (χ0) is 22.6. The van der Waals surface area contributed by atoms with Crippen LogP contribution >= 0.6 is 0 Å². The minimum atomic E-state index is -0.125. The molecular formula is C24H34N2O4. The second-order valence-corrected chi connectivity index (χ2v) is 8.15. The van der Waals surface area contributed by atoms with Gasteiger partial charge in [0, 0.05) is 26.9 Å². The van der Waals surface area contributed by atoms with Crippen molar-refractivity contribution in [1.29, 1.82) is 0 Å². The molecule has 1 aliphatic carbocycles. The molecule has 1 amide bonds. The van der Waals surface area contributed by atoms with Crippen LogP contribution in [0.2, 0.25) is 0 Å². The molecule has 1 aliphatic rings. The molecule has 1 aromatic rings. The van der Waals surface area contributed by atoms with Crippen LogP contribution in [0.3, 0.4) is 0 Å². The van der Waals surface area contributed by atoms with Gasteiger partial charge < -0.3 is 14.8 Å². The van der Waals surface area contributed by atoms with Crippen molar-refractivity contribution in [2.24, 2.45) is 5.16 Å². The number of benzene rings is 1. The number of aliphatic hydroxyl groups is 1. The second-order valence-electron chi connectivity index (χ2n) is 8.15. The molecule has 2 rings (SSSR count). The summed E-state index contributed by atoms with van der Waals surface area (Å²) in [5.41, 5.74) is 6.04. The average Bonchev–Trinajstić information content (AvgIpc) is 2.66. The summed E-state index contributed by atoms with van der Waals surface area (Å²) in [5, 5.41) is 14.8. The summed E-state index contributed by atoms with van der Waals surface area (Å²) in [7, 11) is 3.50. The number of allylic oxidation sites excluding steroid dienone is 2. The molecule has 0 saturated carbocycles. The summed E-state index contributed by atoms with van der Waals surface area (Å²) in [6.45, 7) is 10.2. The minimum absolute atomic E-state index is 0.0421. The number of carbonyl (C=O) groups excluding carboxylic acids is 2. The lowest BCUT2D eigenvalue weighted by Crippen LogP contribution is -2.26. The largest absolute Gasteiger partial charge is 0.511 e. The van der Waals surface area contributed by atoms with Crippen molar-refractivity contribution in [2.45, 2.75) is 66.2 Å². The van der Waals surface area contributed by atoms with Gasteiger partial charge in [-0.2, -0.15) is 0 Å². The number of aryl methyl sites for hydroxylation is 2. The summed E-state index contributed by atoms with van der Waals surface area (Å²) >= 11 is 0. The van der Waals surface area contributed by atoms with E-state index in [0.717, 1.165) is 27.8 Å². The van der Waals surface area contributed by atoms with Gasteiger partial charge in [-0.25, -0.2) is 0 Å². The van der Waals surface area contributed by atoms with Gasteiger partial charge in [0.25, 0.3) is 0 Å². The van der Waals surface area contributed by atoms with Crippen molar-refractivity contribution in [2.75, 3.05) is 20.7 Å². The third-order valence-electron chi connectivity index (χ3n) is 5.79. The Morgan fingerprint density at radius 1 is 1.20 bits per heavy atom. The van der Waals surface area contributed by atoms with Crippen molar-refractivity contribution < 1.29 is 19.5 Å². The van der Waals surface area contributed by atoms with Crippen LogP contribution in [-0.4, -0.2) is 48.1 Å². The summed E-state index contributed by atoms with van der Waals surface area (Å²) < 4.78 is 0. The van der Waals surface area contributed by atoms with E-state index in [4.69, 9.17) is 4.84 Å². The monoisotopic (exact) mass is 414 g/mol. The molecule has 1 atom stereocenters. The molecule has 6 nitrogen and oxygen atoms in total. The highest BCUT2D eigenvalue weighted by Gasteiger charge is 2.33. The summed E-state index contributed by atoms with van der Waals surface area (Å²) in [6, 6.07) is 2.08. The molecule has 1 unspecified atom stereocenters. The third-order valence-corrected chi connectivity index (χ3v) is 5.79. The number of likely N-dealkylation sites (N-methyl/N-ethyl adjacent to an activating group) is 1. The number of aliphatic hydroxyl groups excluding tert-OH is 1. The fourth-order valence-electron chi connectivity index (χ4n) is 4.31. The summed E-state index contributed by atoms with van der Waals surface area (Å²) in [5.74, 6) is -0.128. The second kappa shape index (κ2) is 9.92. The first-order chi connectivity index (χ1) is 14.1. The highest BCUT2D eigenvalue weighted by molar-refractivity contribution is 6.23. The predicted molar refractivity (Wildman–Crippen MR) is 119 cm³/mol. The Kier molecular flexibility index (Phi) is 7.82. The quantitative estimate of drug-likeness (QED) is 0.533. The number of hydrogen-bond acceptors (Lipinski definition) is 5. The zero-order valence-corrected chi connectivity index (χ0v) is 19.3. The van der Waals surface area contributed by atoms with E-state index in [-0.39, 0.29) is 23.4 Å². The van der Waals surface area contributed by atoms with Crippen LogP contribution in [0.1, 0.15) is 66.8 Å². The van der Waals surface area contributed by atoms with Crippen LogP contribution in [0.25, 0.3) is 0 Å². The van der Waals surface area contributed by atoms with Crippen LogP contribution in [0.15, 0.2) is 22.6 Å². The maximum atomic E-state index is 13.0. The van der Waals surface area contributed by atoms with Crippen LogP contribution in [-0.2, 0) is 20.8 Å². The average molecular weight is 415 g/mol. The zero-order valence-electron chi connectivity index (χ0n) is 19.3. The Bertz CT molecular complexity index is 897. The minimum Gasteiger partial charge on any atom is -0.511 e. The number of nitrogens with zero attached hydrogens (tertiary/aromatic N) is 2. The van der Waals surface area contributed by atoms with E-state index in [1.54, 1.807) is 19.0 Å². The molecule has 0 bridgehead atoms. The Morgan fingerprint density at radius 3 is 2.40 bits per heavy atom. The van der Waals surface area contributed by atoms with Gasteiger partial charge in [-0.15, -0.1) is 0 Å². The number of amides is 1. The molecule has 0 spiro atoms. The van der Waals surface area contributed by atoms with Gasteiger partial charge >= 0.3 is 0 Å². The van der Waals surface area contributed by atoms with Gasteiger partial charge in [0.2, 0.25) is 5.91 Å². The molecule has 6 heteroatoms. The van der Waals surface area contributed by atoms with Gasteiger partial charge in [-0.1, -0.05) is 18.1 Å². The predicted octanol–water partition coefficient (Wildman–Crippen LogP) is 4.30. The number of carbonyl (C=O) groups is 2. The molecule has 0 aliphatic heterocycles. The SMILES string of the molecule is CCON=C(CC)C1=C(O)CC(c2c(C)cc(C)c(CC(=O)N(C)C)c2C)CC1=O. The summed E-state index contributed by atoms with van der Waals surface area (Å²) in [4.78, 5) is 32.0. The lowest BCUT2D eigenvalue weighted by Gasteiger charge is -2.28. The third kappa shape index (κ3) is 4.91. The molecule has 1 aromatic carbocycles. The Balaban J connectivity index is 2.46. The van der Waals surface area contributed by atoms with E-state index in [0.29, 0.717) is 43.6 Å². The molecular weight excluding hydrogens is 380 g/mol. The first kappa shape index (κ1) is 23.6. The van der Waals surface area contributed by atoms with E-state index in [1.165, 1.54) is 0 Å². The van der Waals surface area contributed by atoms with Crippen molar-refractivity contribution in [3.63, 3.8) is 0 Å². The van der Waals surface area contributed by atoms with E-state index in [2.05, 4.69) is 11.2 Å². The molecule has 1 N–H and O–H groups in total. The highest BCUT2D eigenvalue weighted by atomic mass is 16.6. The highest BCUT2D eigenvalue weighted by Crippen LogP contribution is 2.39. The van der Waals surface area contributed by atoms with Gasteiger partial charge in [0.05, 0.1) is 17.7 Å². The number of ketones is 1. The maximum Gasteiger partial charge on any atom is 0.226 e. The van der Waals surface area contributed by atoms with Crippen molar-refractivity contribution >= 4 is 17.4 Å². The van der Waals surface area contributed by atoms with Gasteiger partial charge in [0.1, 0.15) is 12.4 Å². The Morgan fingerprint density at radius 2 is 1.87 bits per heavy atom. The van der Waals surface area contributed by atoms with E-state index < -0.39 is 0 Å². The number of hydrogen-bond donors (Lipinski definition) is 1. The molecule has 0 radical (unpaired) electrons. The molecule has 30 heavy (non-hydrogen) atoms. The first-order valence-corrected chi connectivity index (χ1v) is 10.6. The van der Waals surface area contributed by atoms with Gasteiger partial charge in [0.15, 0.2) is 5.78 Å². The van der Waals surface area contributed by atoms with Crippen LogP contribution < -0.4 is 0 Å². The Labute approximate surface area is 179 Å². The maximum absolute atomic E-state index is 13.0. The Hall–Kier alpha value is -2.63. The molecule has 0 heterocycles. The lowest BCUT2D eigenvalue weighted by molar-refractivity contribution is -0.128. The standard InChI is InChI=1S/C24H34N2O4/c1-8-19(25-30-9-2)24-20(27)11-17(12-21(24)28)23-15(4)10-14(3)18(16(23)5)13-22(29)26(6)7/h10,17,27H,8-9,11-13H2,1-7H3. The molecule has 164 valence electrons. The van der Waals surface area contributed by atoms with Crippen LogP contribution in [0.5, 0.6) is 0 Å². The first-order valence-electron chi connectivity index (χ1n) is 10.6.